The first kappa shape index (κ1) is 7.80. The van der Waals surface area contributed by atoms with Gasteiger partial charge >= 0.3 is 5.97 Å². The summed E-state index contributed by atoms with van der Waals surface area (Å²) in [6.07, 6.45) is 3.52. The van der Waals surface area contributed by atoms with Gasteiger partial charge in [0.25, 0.3) is 0 Å². The van der Waals surface area contributed by atoms with E-state index in [-0.39, 0.29) is 0 Å². The van der Waals surface area contributed by atoms with Crippen molar-refractivity contribution < 1.29 is 9.90 Å². The summed E-state index contributed by atoms with van der Waals surface area (Å²) in [5.41, 5.74) is 1.15. The average Bonchev–Trinajstić information content (AvgIpc) is 2.39. The number of piperidine rings is 1. The van der Waals surface area contributed by atoms with Gasteiger partial charge in [-0.2, -0.15) is 0 Å². The van der Waals surface area contributed by atoms with Crippen molar-refractivity contribution in [1.82, 2.24) is 4.90 Å². The minimum absolute atomic E-state index is 0.537. The standard InChI is InChI=1S/C9H13NO2/c11-9(12)5-7-1-3-10-4-2-8(7)6-10/h5,8H,1-4,6H2,(H,11,12)/b7-5-. The third-order valence-electron chi connectivity index (χ3n) is 2.82. The lowest BCUT2D eigenvalue weighted by Gasteiger charge is -2.24. The quantitative estimate of drug-likeness (QED) is 0.585. The molecule has 2 unspecified atom stereocenters. The SMILES string of the molecule is O=C(O)/C=C1/CCN2CCC1C2. The lowest BCUT2D eigenvalue weighted by molar-refractivity contribution is -0.131. The molecule has 2 atom stereocenters. The van der Waals surface area contributed by atoms with E-state index >= 15 is 0 Å². The summed E-state index contributed by atoms with van der Waals surface area (Å²) in [6.45, 7) is 3.29. The van der Waals surface area contributed by atoms with Crippen LogP contribution in [0.2, 0.25) is 0 Å². The summed E-state index contributed by atoms with van der Waals surface area (Å²) < 4.78 is 0. The van der Waals surface area contributed by atoms with Crippen LogP contribution in [0.3, 0.4) is 0 Å². The maximum atomic E-state index is 10.5. The largest absolute Gasteiger partial charge is 0.478 e. The smallest absolute Gasteiger partial charge is 0.328 e. The predicted octanol–water partition coefficient (Wildman–Crippen LogP) is 0.723. The molecule has 66 valence electrons. The molecule has 2 rings (SSSR count). The molecular weight excluding hydrogens is 154 g/mol. The predicted molar refractivity (Wildman–Crippen MR) is 44.9 cm³/mol. The highest BCUT2D eigenvalue weighted by molar-refractivity contribution is 5.80. The molecule has 0 spiro atoms. The van der Waals surface area contributed by atoms with Crippen LogP contribution in [0.5, 0.6) is 0 Å². The van der Waals surface area contributed by atoms with Gasteiger partial charge < -0.3 is 10.0 Å². The molecule has 2 heterocycles. The molecule has 0 aromatic carbocycles. The number of aliphatic carboxylic acids is 1. The van der Waals surface area contributed by atoms with Gasteiger partial charge in [0.05, 0.1) is 0 Å². The second-order valence-corrected chi connectivity index (χ2v) is 3.59. The monoisotopic (exact) mass is 167 g/mol. The fraction of sp³-hybridized carbons (Fsp3) is 0.667. The fourth-order valence-electron chi connectivity index (χ4n) is 2.18. The summed E-state index contributed by atoms with van der Waals surface area (Å²) in [5, 5.41) is 8.60. The highest BCUT2D eigenvalue weighted by atomic mass is 16.4. The molecule has 3 heteroatoms. The summed E-state index contributed by atoms with van der Waals surface area (Å²) >= 11 is 0. The van der Waals surface area contributed by atoms with Crippen LogP contribution in [0.15, 0.2) is 11.6 Å². The van der Waals surface area contributed by atoms with Crippen LogP contribution < -0.4 is 0 Å². The molecule has 2 aliphatic rings. The number of hydrogen-bond donors (Lipinski definition) is 1. The minimum atomic E-state index is -0.787. The molecule has 0 aliphatic carbocycles. The summed E-state index contributed by atoms with van der Waals surface area (Å²) in [5.74, 6) is -0.250. The lowest BCUT2D eigenvalue weighted by Crippen LogP contribution is -2.27. The van der Waals surface area contributed by atoms with E-state index in [9.17, 15) is 4.79 Å². The van der Waals surface area contributed by atoms with Crippen molar-refractivity contribution in [1.29, 1.82) is 0 Å². The summed E-state index contributed by atoms with van der Waals surface area (Å²) in [7, 11) is 0. The number of nitrogens with zero attached hydrogens (tertiary/aromatic N) is 1. The molecule has 0 aromatic heterocycles. The molecule has 0 amide bonds. The first-order chi connectivity index (χ1) is 5.75. The zero-order chi connectivity index (χ0) is 8.55. The van der Waals surface area contributed by atoms with Gasteiger partial charge in [-0.15, -0.1) is 0 Å². The van der Waals surface area contributed by atoms with E-state index in [2.05, 4.69) is 4.90 Å². The molecule has 2 fully saturated rings. The number of carboxylic acids is 1. The van der Waals surface area contributed by atoms with E-state index in [4.69, 9.17) is 5.11 Å². The molecule has 2 aliphatic heterocycles. The second-order valence-electron chi connectivity index (χ2n) is 3.59. The van der Waals surface area contributed by atoms with E-state index in [1.54, 1.807) is 0 Å². The van der Waals surface area contributed by atoms with Crippen molar-refractivity contribution in [3.63, 3.8) is 0 Å². The minimum Gasteiger partial charge on any atom is -0.478 e. The average molecular weight is 167 g/mol. The van der Waals surface area contributed by atoms with Crippen molar-refractivity contribution >= 4 is 5.97 Å². The van der Waals surface area contributed by atoms with Gasteiger partial charge in [-0.1, -0.05) is 5.57 Å². The van der Waals surface area contributed by atoms with Crippen molar-refractivity contribution in [3.05, 3.63) is 11.6 Å². The van der Waals surface area contributed by atoms with Crippen molar-refractivity contribution in [2.24, 2.45) is 5.92 Å². The third kappa shape index (κ3) is 1.37. The molecule has 3 nitrogen and oxygen atoms in total. The third-order valence-corrected chi connectivity index (χ3v) is 2.82. The Kier molecular flexibility index (Phi) is 1.89. The first-order valence-corrected chi connectivity index (χ1v) is 4.41. The van der Waals surface area contributed by atoms with E-state index in [0.29, 0.717) is 5.92 Å². The van der Waals surface area contributed by atoms with Crippen LogP contribution >= 0.6 is 0 Å². The highest BCUT2D eigenvalue weighted by Gasteiger charge is 2.30. The van der Waals surface area contributed by atoms with Crippen molar-refractivity contribution in [2.75, 3.05) is 19.6 Å². The van der Waals surface area contributed by atoms with Crippen LogP contribution in [0, 0.1) is 5.92 Å². The lowest BCUT2D eigenvalue weighted by atomic mass is 9.93. The van der Waals surface area contributed by atoms with Gasteiger partial charge in [-0.05, 0) is 25.3 Å². The molecule has 0 radical (unpaired) electrons. The van der Waals surface area contributed by atoms with Gasteiger partial charge in [0.2, 0.25) is 0 Å². The van der Waals surface area contributed by atoms with Crippen LogP contribution in [0.25, 0.3) is 0 Å². The molecular formula is C9H13NO2. The summed E-state index contributed by atoms with van der Waals surface area (Å²) in [4.78, 5) is 12.9. The number of carboxylic acid groups (broad SMARTS) is 1. The molecule has 12 heavy (non-hydrogen) atoms. The van der Waals surface area contributed by atoms with Crippen LogP contribution in [0.4, 0.5) is 0 Å². The Balaban J connectivity index is 2.12. The van der Waals surface area contributed by atoms with Gasteiger partial charge in [-0.3, -0.25) is 0 Å². The summed E-state index contributed by atoms with van der Waals surface area (Å²) in [6, 6.07) is 0. The van der Waals surface area contributed by atoms with E-state index in [0.717, 1.165) is 38.0 Å². The molecule has 2 bridgehead atoms. The van der Waals surface area contributed by atoms with E-state index in [1.807, 2.05) is 0 Å². The number of rotatable bonds is 1. The topological polar surface area (TPSA) is 40.5 Å². The Labute approximate surface area is 71.7 Å². The van der Waals surface area contributed by atoms with Gasteiger partial charge in [-0.25, -0.2) is 4.79 Å². The Morgan fingerprint density at radius 3 is 3.17 bits per heavy atom. The Morgan fingerprint density at radius 2 is 2.42 bits per heavy atom. The number of fused-ring (bicyclic) bond motifs is 2. The maximum absolute atomic E-state index is 10.5. The molecule has 1 N–H and O–H groups in total. The molecule has 0 aromatic rings. The maximum Gasteiger partial charge on any atom is 0.328 e. The van der Waals surface area contributed by atoms with Gasteiger partial charge in [0.1, 0.15) is 0 Å². The van der Waals surface area contributed by atoms with Crippen LogP contribution in [-0.2, 0) is 4.79 Å². The van der Waals surface area contributed by atoms with Crippen molar-refractivity contribution in [3.8, 4) is 0 Å². The first-order valence-electron chi connectivity index (χ1n) is 4.41. The van der Waals surface area contributed by atoms with Gasteiger partial charge in [0.15, 0.2) is 0 Å². The molecule has 2 saturated heterocycles. The normalized spacial score (nSPS) is 37.2. The van der Waals surface area contributed by atoms with E-state index in [1.165, 1.54) is 6.08 Å². The fourth-order valence-corrected chi connectivity index (χ4v) is 2.18. The highest BCUT2D eigenvalue weighted by Crippen LogP contribution is 2.31. The molecule has 0 saturated carbocycles. The second kappa shape index (κ2) is 2.90. The van der Waals surface area contributed by atoms with Gasteiger partial charge in [0, 0.05) is 19.2 Å². The van der Waals surface area contributed by atoms with E-state index < -0.39 is 5.97 Å². The zero-order valence-electron chi connectivity index (χ0n) is 6.99. The number of carbonyl (C=O) groups is 1. The Morgan fingerprint density at radius 1 is 1.58 bits per heavy atom. The van der Waals surface area contributed by atoms with Crippen molar-refractivity contribution in [2.45, 2.75) is 12.8 Å². The Hall–Kier alpha value is -0.830. The number of hydrogen-bond acceptors (Lipinski definition) is 2. The van der Waals surface area contributed by atoms with Crippen LogP contribution in [0.1, 0.15) is 12.8 Å². The van der Waals surface area contributed by atoms with Crippen LogP contribution in [-0.4, -0.2) is 35.6 Å². The zero-order valence-corrected chi connectivity index (χ0v) is 6.99. The Bertz CT molecular complexity index is 235.